The first-order valence-electron chi connectivity index (χ1n) is 8.36. The monoisotopic (exact) mass is 348 g/mol. The first-order valence-corrected chi connectivity index (χ1v) is 8.36. The van der Waals surface area contributed by atoms with Crippen molar-refractivity contribution in [2.24, 2.45) is 5.41 Å². The number of carbonyl (C=O) groups is 3. The zero-order valence-corrected chi connectivity index (χ0v) is 15.6. The van der Waals surface area contributed by atoms with E-state index in [1.165, 1.54) is 0 Å². The maximum atomic E-state index is 11.9. The van der Waals surface area contributed by atoms with Crippen molar-refractivity contribution >= 4 is 23.5 Å². The van der Waals surface area contributed by atoms with E-state index in [1.54, 1.807) is 38.1 Å². The van der Waals surface area contributed by atoms with Gasteiger partial charge in [-0.25, -0.2) is 0 Å². The Hall–Kier alpha value is -2.37. The molecule has 0 saturated carbocycles. The highest BCUT2D eigenvalue weighted by Crippen LogP contribution is 2.24. The van der Waals surface area contributed by atoms with Gasteiger partial charge in [-0.2, -0.15) is 0 Å². The number of amides is 2. The zero-order chi connectivity index (χ0) is 19.3. The van der Waals surface area contributed by atoms with E-state index in [2.05, 4.69) is 10.6 Å². The molecule has 0 heterocycles. The third-order valence-corrected chi connectivity index (χ3v) is 3.97. The Kier molecular flexibility index (Phi) is 6.73. The van der Waals surface area contributed by atoms with Gasteiger partial charge in [0.05, 0.1) is 5.41 Å². The van der Waals surface area contributed by atoms with Gasteiger partial charge in [-0.15, -0.1) is 0 Å². The summed E-state index contributed by atoms with van der Waals surface area (Å²) in [5, 5.41) is 14.8. The summed E-state index contributed by atoms with van der Waals surface area (Å²) in [5.74, 6) is -1.08. The topological polar surface area (TPSA) is 95.5 Å². The molecule has 2 amide bonds. The zero-order valence-electron chi connectivity index (χ0n) is 15.6. The van der Waals surface area contributed by atoms with Crippen LogP contribution in [0.2, 0.25) is 0 Å². The van der Waals surface area contributed by atoms with Crippen molar-refractivity contribution in [1.29, 1.82) is 0 Å². The van der Waals surface area contributed by atoms with E-state index < -0.39 is 16.8 Å². The van der Waals surface area contributed by atoms with Gasteiger partial charge in [0.25, 0.3) is 0 Å². The average molecular weight is 348 g/mol. The molecular formula is C19H28N2O4. The molecule has 6 heteroatoms. The number of hydrogen-bond acceptors (Lipinski definition) is 3. The van der Waals surface area contributed by atoms with Crippen LogP contribution in [0.25, 0.3) is 0 Å². The molecular weight excluding hydrogens is 320 g/mol. The number of hydrogen-bond donors (Lipinski definition) is 3. The van der Waals surface area contributed by atoms with Crippen molar-refractivity contribution in [1.82, 2.24) is 5.32 Å². The van der Waals surface area contributed by atoms with Gasteiger partial charge in [0.1, 0.15) is 0 Å². The fourth-order valence-corrected chi connectivity index (χ4v) is 2.03. The van der Waals surface area contributed by atoms with Crippen LogP contribution >= 0.6 is 0 Å². The molecule has 1 aromatic rings. The summed E-state index contributed by atoms with van der Waals surface area (Å²) in [7, 11) is 0. The molecule has 0 radical (unpaired) electrons. The Balaban J connectivity index is 2.45. The predicted octanol–water partition coefficient (Wildman–Crippen LogP) is 2.93. The molecule has 1 rings (SSSR count). The number of carboxylic acids is 1. The molecule has 25 heavy (non-hydrogen) atoms. The number of rotatable bonds is 7. The Labute approximate surface area is 149 Å². The molecule has 0 aliphatic carbocycles. The third-order valence-electron chi connectivity index (χ3n) is 3.97. The van der Waals surface area contributed by atoms with Crippen molar-refractivity contribution in [3.63, 3.8) is 0 Å². The highest BCUT2D eigenvalue weighted by molar-refractivity contribution is 5.91. The fourth-order valence-electron chi connectivity index (χ4n) is 2.03. The summed E-state index contributed by atoms with van der Waals surface area (Å²) in [5.41, 5.74) is -0.127. The minimum Gasteiger partial charge on any atom is -0.481 e. The summed E-state index contributed by atoms with van der Waals surface area (Å²) in [6, 6.07) is 6.79. The fraction of sp³-hybridized carbons (Fsp3) is 0.526. The normalized spacial score (nSPS) is 11.7. The van der Waals surface area contributed by atoms with Gasteiger partial charge in [-0.3, -0.25) is 14.4 Å². The first-order chi connectivity index (χ1) is 11.4. The van der Waals surface area contributed by atoms with Gasteiger partial charge >= 0.3 is 5.97 Å². The lowest BCUT2D eigenvalue weighted by molar-refractivity contribution is -0.142. The molecule has 0 aliphatic heterocycles. The Bertz CT molecular complexity index is 628. The van der Waals surface area contributed by atoms with Crippen LogP contribution in [0.4, 0.5) is 5.69 Å². The molecule has 0 spiro atoms. The van der Waals surface area contributed by atoms with Crippen molar-refractivity contribution in [2.45, 2.75) is 52.9 Å². The summed E-state index contributed by atoms with van der Waals surface area (Å²) in [6.45, 7) is 9.23. The van der Waals surface area contributed by atoms with E-state index in [1.807, 2.05) is 20.8 Å². The summed E-state index contributed by atoms with van der Waals surface area (Å²) < 4.78 is 0. The van der Waals surface area contributed by atoms with Crippen LogP contribution in [0.5, 0.6) is 0 Å². The first kappa shape index (κ1) is 20.7. The molecule has 0 fully saturated rings. The lowest BCUT2D eigenvalue weighted by atomic mass is 9.85. The van der Waals surface area contributed by atoms with E-state index in [0.717, 1.165) is 0 Å². The Morgan fingerprint density at radius 2 is 1.56 bits per heavy atom. The van der Waals surface area contributed by atoms with E-state index in [-0.39, 0.29) is 11.8 Å². The van der Waals surface area contributed by atoms with Crippen LogP contribution in [0, 0.1) is 5.41 Å². The maximum absolute atomic E-state index is 11.9. The molecule has 1 aromatic carbocycles. The third kappa shape index (κ3) is 6.21. The summed E-state index contributed by atoms with van der Waals surface area (Å²) >= 11 is 0. The van der Waals surface area contributed by atoms with Gasteiger partial charge in [0.2, 0.25) is 11.8 Å². The number of aliphatic carboxylic acids is 1. The Morgan fingerprint density at radius 1 is 1.00 bits per heavy atom. The maximum Gasteiger partial charge on any atom is 0.313 e. The second kappa shape index (κ2) is 8.14. The number of carbonyl (C=O) groups excluding carboxylic acids is 2. The number of benzene rings is 1. The van der Waals surface area contributed by atoms with E-state index >= 15 is 0 Å². The van der Waals surface area contributed by atoms with Crippen LogP contribution < -0.4 is 10.6 Å². The molecule has 0 aliphatic rings. The second-order valence-corrected chi connectivity index (χ2v) is 7.67. The molecule has 3 N–H and O–H groups in total. The van der Waals surface area contributed by atoms with Crippen molar-refractivity contribution in [3.8, 4) is 0 Å². The molecule has 138 valence electrons. The SMILES string of the molecule is CC(C)(C)C(=O)NCCCC(=O)Nc1ccc(C(C)(C)C(=O)O)cc1. The lowest BCUT2D eigenvalue weighted by Gasteiger charge is -2.20. The smallest absolute Gasteiger partial charge is 0.313 e. The van der Waals surface area contributed by atoms with E-state index in [9.17, 15) is 19.5 Å². The van der Waals surface area contributed by atoms with Gasteiger partial charge in [-0.05, 0) is 38.0 Å². The van der Waals surface area contributed by atoms with Crippen LogP contribution in [0.15, 0.2) is 24.3 Å². The van der Waals surface area contributed by atoms with Crippen molar-refractivity contribution < 1.29 is 19.5 Å². The largest absolute Gasteiger partial charge is 0.481 e. The van der Waals surface area contributed by atoms with Crippen LogP contribution in [-0.4, -0.2) is 29.4 Å². The van der Waals surface area contributed by atoms with Crippen LogP contribution in [-0.2, 0) is 19.8 Å². The number of carboxylic acid groups (broad SMARTS) is 1. The van der Waals surface area contributed by atoms with E-state index in [0.29, 0.717) is 30.6 Å². The minimum absolute atomic E-state index is 0.0375. The Morgan fingerprint density at radius 3 is 2.04 bits per heavy atom. The van der Waals surface area contributed by atoms with Gasteiger partial charge in [0.15, 0.2) is 0 Å². The van der Waals surface area contributed by atoms with Crippen molar-refractivity contribution in [3.05, 3.63) is 29.8 Å². The minimum atomic E-state index is -0.978. The molecule has 0 bridgehead atoms. The molecule has 0 aromatic heterocycles. The molecule has 0 saturated heterocycles. The van der Waals surface area contributed by atoms with Gasteiger partial charge < -0.3 is 15.7 Å². The van der Waals surface area contributed by atoms with Crippen LogP contribution in [0.1, 0.15) is 53.0 Å². The molecule has 0 atom stereocenters. The standard InChI is InChI=1S/C19H28N2O4/c1-18(2,3)16(23)20-12-6-7-15(22)21-14-10-8-13(9-11-14)19(4,5)17(24)25/h8-11H,6-7,12H2,1-5H3,(H,20,23)(H,21,22)(H,24,25). The quantitative estimate of drug-likeness (QED) is 0.660. The summed E-state index contributed by atoms with van der Waals surface area (Å²) in [4.78, 5) is 34.9. The van der Waals surface area contributed by atoms with Gasteiger partial charge in [-0.1, -0.05) is 32.9 Å². The lowest BCUT2D eigenvalue weighted by Crippen LogP contribution is -2.35. The molecule has 0 unspecified atom stereocenters. The number of anilines is 1. The highest BCUT2D eigenvalue weighted by Gasteiger charge is 2.29. The van der Waals surface area contributed by atoms with Gasteiger partial charge in [0, 0.05) is 24.1 Å². The summed E-state index contributed by atoms with van der Waals surface area (Å²) in [6.07, 6.45) is 0.852. The molecule has 6 nitrogen and oxygen atoms in total. The highest BCUT2D eigenvalue weighted by atomic mass is 16.4. The van der Waals surface area contributed by atoms with E-state index in [4.69, 9.17) is 0 Å². The van der Waals surface area contributed by atoms with Crippen molar-refractivity contribution in [2.75, 3.05) is 11.9 Å². The van der Waals surface area contributed by atoms with Crippen LogP contribution in [0.3, 0.4) is 0 Å². The predicted molar refractivity (Wildman–Crippen MR) is 97.4 cm³/mol. The second-order valence-electron chi connectivity index (χ2n) is 7.67. The number of nitrogens with one attached hydrogen (secondary N) is 2. The average Bonchev–Trinajstić information content (AvgIpc) is 2.50.